The van der Waals surface area contributed by atoms with E-state index in [4.69, 9.17) is 16.6 Å². The summed E-state index contributed by atoms with van der Waals surface area (Å²) in [6.45, 7) is 4.11. The van der Waals surface area contributed by atoms with Crippen molar-refractivity contribution in [1.82, 2.24) is 15.2 Å². The Hall–Kier alpha value is -3.11. The molecule has 3 aromatic carbocycles. The molecule has 0 aliphatic heterocycles. The first-order chi connectivity index (χ1) is 15.4. The Morgan fingerprint density at radius 2 is 1.28 bits per heavy atom. The van der Waals surface area contributed by atoms with Gasteiger partial charge in [-0.1, -0.05) is 83.4 Å². The largest absolute Gasteiger partial charge is 0.247 e. The van der Waals surface area contributed by atoms with E-state index in [-0.39, 0.29) is 0 Å². The number of hydrogen-bond acceptors (Lipinski definition) is 3. The van der Waals surface area contributed by atoms with E-state index in [0.29, 0.717) is 23.7 Å². The molecule has 1 aliphatic carbocycles. The van der Waals surface area contributed by atoms with Gasteiger partial charge in [0, 0.05) is 16.1 Å². The predicted molar refractivity (Wildman–Crippen MR) is 127 cm³/mol. The van der Waals surface area contributed by atoms with Crippen LogP contribution < -0.4 is 0 Å². The average Bonchev–Trinajstić information content (AvgIpc) is 2.78. The predicted octanol–water partition coefficient (Wildman–Crippen LogP) is 6.89. The summed E-state index contributed by atoms with van der Waals surface area (Å²) < 4.78 is 14.2. The van der Waals surface area contributed by atoms with Gasteiger partial charge in [-0.05, 0) is 44.4 Å². The van der Waals surface area contributed by atoms with Crippen molar-refractivity contribution in [2.75, 3.05) is 0 Å². The highest BCUT2D eigenvalue weighted by Crippen LogP contribution is 2.49. The second kappa shape index (κ2) is 8.10. The van der Waals surface area contributed by atoms with Gasteiger partial charge in [-0.25, -0.2) is 9.37 Å². The Balaban J connectivity index is 1.68. The summed E-state index contributed by atoms with van der Waals surface area (Å²) in [5.74, 6) is 0.556. The molecule has 0 radical (unpaired) electrons. The zero-order valence-corrected chi connectivity index (χ0v) is 18.8. The lowest BCUT2D eigenvalue weighted by atomic mass is 9.62. The van der Waals surface area contributed by atoms with E-state index in [1.807, 2.05) is 36.4 Å². The van der Waals surface area contributed by atoms with E-state index >= 15 is 0 Å². The van der Waals surface area contributed by atoms with Crippen LogP contribution in [-0.2, 0) is 5.41 Å². The van der Waals surface area contributed by atoms with Crippen LogP contribution in [0.2, 0.25) is 5.02 Å². The summed E-state index contributed by atoms with van der Waals surface area (Å²) in [6, 6.07) is 24.0. The van der Waals surface area contributed by atoms with Crippen LogP contribution in [0.15, 0.2) is 72.8 Å². The number of benzene rings is 3. The molecule has 0 bridgehead atoms. The monoisotopic (exact) mass is 443 g/mol. The van der Waals surface area contributed by atoms with Gasteiger partial charge in [0.25, 0.3) is 0 Å². The first-order valence-corrected chi connectivity index (χ1v) is 11.1. The molecular weight excluding hydrogens is 421 g/mol. The Kier molecular flexibility index (Phi) is 5.26. The maximum Gasteiger partial charge on any atom is 0.162 e. The van der Waals surface area contributed by atoms with Gasteiger partial charge in [0.05, 0.1) is 5.41 Å². The zero-order valence-electron chi connectivity index (χ0n) is 18.0. The van der Waals surface area contributed by atoms with Crippen LogP contribution in [-0.4, -0.2) is 21.4 Å². The summed E-state index contributed by atoms with van der Waals surface area (Å²) in [5.41, 5.74) is 6.12. The van der Waals surface area contributed by atoms with Crippen molar-refractivity contribution < 1.29 is 4.39 Å². The van der Waals surface area contributed by atoms with Crippen molar-refractivity contribution >= 4 is 11.6 Å². The SMILES string of the molecule is Cc1ccc(-c2nnc([C@]3(c4ccc(Cl)cc4)C[C@@H](F)C3)nc2-c2ccc(C)cc2)cc1. The lowest BCUT2D eigenvalue weighted by Gasteiger charge is -2.43. The highest BCUT2D eigenvalue weighted by Gasteiger charge is 2.50. The maximum absolute atomic E-state index is 14.2. The summed E-state index contributed by atoms with van der Waals surface area (Å²) in [5, 5.41) is 9.83. The molecule has 0 saturated heterocycles. The van der Waals surface area contributed by atoms with Gasteiger partial charge < -0.3 is 0 Å². The molecule has 1 heterocycles. The number of alkyl halides is 1. The third-order valence-corrected chi connectivity index (χ3v) is 6.55. The van der Waals surface area contributed by atoms with E-state index in [1.165, 1.54) is 11.1 Å². The Labute approximate surface area is 192 Å². The smallest absolute Gasteiger partial charge is 0.162 e. The molecule has 5 rings (SSSR count). The van der Waals surface area contributed by atoms with Crippen molar-refractivity contribution in [2.45, 2.75) is 38.3 Å². The van der Waals surface area contributed by atoms with Gasteiger partial charge in [-0.2, -0.15) is 0 Å². The van der Waals surface area contributed by atoms with Crippen molar-refractivity contribution in [2.24, 2.45) is 0 Å². The minimum Gasteiger partial charge on any atom is -0.247 e. The van der Waals surface area contributed by atoms with Crippen LogP contribution in [0.5, 0.6) is 0 Å². The van der Waals surface area contributed by atoms with E-state index in [2.05, 4.69) is 60.4 Å². The highest BCUT2D eigenvalue weighted by atomic mass is 35.5. The maximum atomic E-state index is 14.2. The molecule has 160 valence electrons. The van der Waals surface area contributed by atoms with Crippen molar-refractivity contribution in [3.63, 3.8) is 0 Å². The van der Waals surface area contributed by atoms with Crippen molar-refractivity contribution in [3.05, 3.63) is 100 Å². The molecular formula is C27H23ClFN3. The zero-order chi connectivity index (χ0) is 22.3. The van der Waals surface area contributed by atoms with Crippen LogP contribution in [0.4, 0.5) is 4.39 Å². The Morgan fingerprint density at radius 1 is 0.750 bits per heavy atom. The van der Waals surface area contributed by atoms with Gasteiger partial charge >= 0.3 is 0 Å². The number of rotatable bonds is 4. The molecule has 1 aliphatic rings. The number of aryl methyl sites for hydroxylation is 2. The average molecular weight is 444 g/mol. The van der Waals surface area contributed by atoms with Crippen LogP contribution in [0.25, 0.3) is 22.5 Å². The van der Waals surface area contributed by atoms with Crippen LogP contribution in [0, 0.1) is 13.8 Å². The van der Waals surface area contributed by atoms with E-state index < -0.39 is 11.6 Å². The normalized spacial score (nSPS) is 20.1. The van der Waals surface area contributed by atoms with E-state index in [0.717, 1.165) is 28.1 Å². The van der Waals surface area contributed by atoms with E-state index in [9.17, 15) is 4.39 Å². The first-order valence-electron chi connectivity index (χ1n) is 10.7. The summed E-state index contributed by atoms with van der Waals surface area (Å²) in [6.07, 6.45) is -0.199. The fraction of sp³-hybridized carbons (Fsp3) is 0.222. The molecule has 1 fully saturated rings. The first kappa shape index (κ1) is 20.8. The number of hydrogen-bond donors (Lipinski definition) is 0. The highest BCUT2D eigenvalue weighted by molar-refractivity contribution is 6.30. The van der Waals surface area contributed by atoms with Gasteiger partial charge in [-0.3, -0.25) is 0 Å². The molecule has 3 nitrogen and oxygen atoms in total. The fourth-order valence-corrected chi connectivity index (χ4v) is 4.49. The van der Waals surface area contributed by atoms with Crippen LogP contribution in [0.1, 0.15) is 35.4 Å². The van der Waals surface area contributed by atoms with Gasteiger partial charge in [-0.15, -0.1) is 10.2 Å². The molecule has 0 unspecified atom stereocenters. The summed E-state index contributed by atoms with van der Waals surface area (Å²) >= 11 is 6.10. The minimum absolute atomic E-state index is 0.341. The molecule has 1 aromatic heterocycles. The number of aromatic nitrogens is 3. The molecule has 0 spiro atoms. The summed E-state index contributed by atoms with van der Waals surface area (Å²) in [7, 11) is 0. The summed E-state index contributed by atoms with van der Waals surface area (Å²) in [4.78, 5) is 5.03. The van der Waals surface area contributed by atoms with Crippen LogP contribution >= 0.6 is 11.6 Å². The standard InChI is InChI=1S/C27H23ClFN3/c1-17-3-7-19(8-4-17)24-25(20-9-5-18(2)6-10-20)31-32-26(30-24)27(15-23(29)16-27)21-11-13-22(28)14-12-21/h3-14,23H,15-16H2,1-2H3/t23-,27-. The second-order valence-corrected chi connectivity index (χ2v) is 9.10. The number of nitrogens with zero attached hydrogens (tertiary/aromatic N) is 3. The number of halogens is 2. The van der Waals surface area contributed by atoms with E-state index in [1.54, 1.807) is 0 Å². The molecule has 0 amide bonds. The topological polar surface area (TPSA) is 38.7 Å². The molecule has 0 atom stereocenters. The third kappa shape index (κ3) is 3.69. The molecule has 4 aromatic rings. The lowest BCUT2D eigenvalue weighted by Crippen LogP contribution is -2.45. The Morgan fingerprint density at radius 3 is 1.81 bits per heavy atom. The molecule has 1 saturated carbocycles. The van der Waals surface area contributed by atoms with Gasteiger partial charge in [0.1, 0.15) is 17.6 Å². The Bertz CT molecular complexity index is 1250. The van der Waals surface area contributed by atoms with Crippen molar-refractivity contribution in [3.8, 4) is 22.5 Å². The second-order valence-electron chi connectivity index (χ2n) is 8.66. The third-order valence-electron chi connectivity index (χ3n) is 6.30. The fourth-order valence-electron chi connectivity index (χ4n) is 4.36. The minimum atomic E-state index is -0.881. The quantitative estimate of drug-likeness (QED) is 0.344. The molecule has 5 heteroatoms. The lowest BCUT2D eigenvalue weighted by molar-refractivity contribution is 0.116. The molecule has 0 N–H and O–H groups in total. The van der Waals surface area contributed by atoms with Crippen molar-refractivity contribution in [1.29, 1.82) is 0 Å². The molecule has 32 heavy (non-hydrogen) atoms. The van der Waals surface area contributed by atoms with Crippen LogP contribution in [0.3, 0.4) is 0 Å². The van der Waals surface area contributed by atoms with Gasteiger partial charge in [0.2, 0.25) is 0 Å². The van der Waals surface area contributed by atoms with Gasteiger partial charge in [0.15, 0.2) is 5.82 Å².